The Morgan fingerprint density at radius 3 is 2.17 bits per heavy atom. The molecule has 0 aliphatic carbocycles. The van der Waals surface area contributed by atoms with Crippen LogP contribution >= 0.6 is 0 Å². The fraction of sp³-hybridized carbons (Fsp3) is 0.286. The van der Waals surface area contributed by atoms with Gasteiger partial charge in [0.2, 0.25) is 0 Å². The zero-order valence-electron chi connectivity index (χ0n) is 10.9. The summed E-state index contributed by atoms with van der Waals surface area (Å²) in [5.41, 5.74) is 2.10. The topological polar surface area (TPSA) is 38.2 Å². The predicted molar refractivity (Wildman–Crippen MR) is 71.4 cm³/mol. The SMILES string of the molecule is COc1ccc(-c2ncc(CN(C)C)cn2)cc1. The summed E-state index contributed by atoms with van der Waals surface area (Å²) in [6, 6.07) is 7.73. The molecule has 0 radical (unpaired) electrons. The van der Waals surface area contributed by atoms with Crippen LogP contribution in [0.15, 0.2) is 36.7 Å². The molecule has 0 aliphatic rings. The van der Waals surface area contributed by atoms with Crippen LogP contribution in [0.25, 0.3) is 11.4 Å². The highest BCUT2D eigenvalue weighted by molar-refractivity contribution is 5.55. The molecule has 0 spiro atoms. The van der Waals surface area contributed by atoms with E-state index >= 15 is 0 Å². The van der Waals surface area contributed by atoms with Gasteiger partial charge in [0, 0.05) is 30.1 Å². The Kier molecular flexibility index (Phi) is 3.89. The molecule has 4 heteroatoms. The van der Waals surface area contributed by atoms with Gasteiger partial charge in [-0.25, -0.2) is 9.97 Å². The van der Waals surface area contributed by atoms with Crippen LogP contribution in [0.4, 0.5) is 0 Å². The van der Waals surface area contributed by atoms with Crippen LogP contribution in [0.5, 0.6) is 5.75 Å². The average Bonchev–Trinajstić information content (AvgIpc) is 2.39. The van der Waals surface area contributed by atoms with Crippen molar-refractivity contribution in [3.05, 3.63) is 42.2 Å². The lowest BCUT2D eigenvalue weighted by molar-refractivity contribution is 0.401. The van der Waals surface area contributed by atoms with Crippen LogP contribution in [0.1, 0.15) is 5.56 Å². The Morgan fingerprint density at radius 1 is 1.06 bits per heavy atom. The van der Waals surface area contributed by atoms with Crippen molar-refractivity contribution in [1.82, 2.24) is 14.9 Å². The van der Waals surface area contributed by atoms with Gasteiger partial charge in [0.05, 0.1) is 7.11 Å². The number of hydrogen-bond donors (Lipinski definition) is 0. The molecule has 0 unspecified atom stereocenters. The van der Waals surface area contributed by atoms with Crippen molar-refractivity contribution in [2.24, 2.45) is 0 Å². The standard InChI is InChI=1S/C14H17N3O/c1-17(2)10-11-8-15-14(16-9-11)12-4-6-13(18-3)7-5-12/h4-9H,10H2,1-3H3. The molecular formula is C14H17N3O. The van der Waals surface area contributed by atoms with Crippen molar-refractivity contribution < 1.29 is 4.74 Å². The Morgan fingerprint density at radius 2 is 1.67 bits per heavy atom. The molecule has 18 heavy (non-hydrogen) atoms. The van der Waals surface area contributed by atoms with E-state index in [1.54, 1.807) is 7.11 Å². The van der Waals surface area contributed by atoms with E-state index in [1.165, 1.54) is 0 Å². The summed E-state index contributed by atoms with van der Waals surface area (Å²) in [7, 11) is 5.70. The van der Waals surface area contributed by atoms with Gasteiger partial charge in [0.1, 0.15) is 5.75 Å². The van der Waals surface area contributed by atoms with Gasteiger partial charge < -0.3 is 9.64 Å². The van der Waals surface area contributed by atoms with E-state index in [2.05, 4.69) is 14.9 Å². The molecule has 1 aromatic heterocycles. The van der Waals surface area contributed by atoms with Crippen LogP contribution < -0.4 is 4.74 Å². The highest BCUT2D eigenvalue weighted by Crippen LogP contribution is 2.18. The second-order valence-corrected chi connectivity index (χ2v) is 4.38. The molecule has 0 amide bonds. The summed E-state index contributed by atoms with van der Waals surface area (Å²) in [6.07, 6.45) is 3.74. The zero-order chi connectivity index (χ0) is 13.0. The molecule has 0 fully saturated rings. The fourth-order valence-corrected chi connectivity index (χ4v) is 1.69. The number of hydrogen-bond acceptors (Lipinski definition) is 4. The summed E-state index contributed by atoms with van der Waals surface area (Å²) in [6.45, 7) is 0.850. The highest BCUT2D eigenvalue weighted by Gasteiger charge is 2.02. The van der Waals surface area contributed by atoms with E-state index in [-0.39, 0.29) is 0 Å². The number of methoxy groups -OCH3 is 1. The first-order valence-corrected chi connectivity index (χ1v) is 5.79. The molecule has 2 rings (SSSR count). The minimum Gasteiger partial charge on any atom is -0.497 e. The summed E-state index contributed by atoms with van der Waals surface area (Å²) >= 11 is 0. The molecule has 1 heterocycles. The second-order valence-electron chi connectivity index (χ2n) is 4.38. The van der Waals surface area contributed by atoms with Gasteiger partial charge in [0.25, 0.3) is 0 Å². The molecule has 0 N–H and O–H groups in total. The van der Waals surface area contributed by atoms with Crippen molar-refractivity contribution in [3.8, 4) is 17.1 Å². The normalized spacial score (nSPS) is 10.7. The van der Waals surface area contributed by atoms with Gasteiger partial charge in [0.15, 0.2) is 5.82 Å². The zero-order valence-corrected chi connectivity index (χ0v) is 10.9. The number of ether oxygens (including phenoxy) is 1. The monoisotopic (exact) mass is 243 g/mol. The number of benzene rings is 1. The Labute approximate surface area is 107 Å². The lowest BCUT2D eigenvalue weighted by Gasteiger charge is -2.09. The van der Waals surface area contributed by atoms with E-state index in [9.17, 15) is 0 Å². The van der Waals surface area contributed by atoms with Crippen LogP contribution in [-0.4, -0.2) is 36.1 Å². The maximum atomic E-state index is 5.12. The Balaban J connectivity index is 2.17. The minimum absolute atomic E-state index is 0.736. The molecule has 0 atom stereocenters. The van der Waals surface area contributed by atoms with Crippen molar-refractivity contribution >= 4 is 0 Å². The third-order valence-electron chi connectivity index (χ3n) is 2.55. The smallest absolute Gasteiger partial charge is 0.159 e. The van der Waals surface area contributed by atoms with Gasteiger partial charge >= 0.3 is 0 Å². The number of nitrogens with zero attached hydrogens (tertiary/aromatic N) is 3. The number of aromatic nitrogens is 2. The first-order valence-electron chi connectivity index (χ1n) is 5.79. The summed E-state index contributed by atoms with van der Waals surface area (Å²) in [5.74, 6) is 1.57. The molecular weight excluding hydrogens is 226 g/mol. The van der Waals surface area contributed by atoms with Gasteiger partial charge in [-0.15, -0.1) is 0 Å². The lowest BCUT2D eigenvalue weighted by atomic mass is 10.2. The van der Waals surface area contributed by atoms with Crippen molar-refractivity contribution in [3.63, 3.8) is 0 Å². The van der Waals surface area contributed by atoms with Crippen molar-refractivity contribution in [2.75, 3.05) is 21.2 Å². The maximum absolute atomic E-state index is 5.12. The third kappa shape index (κ3) is 3.05. The molecule has 4 nitrogen and oxygen atoms in total. The van der Waals surface area contributed by atoms with Crippen LogP contribution in [0, 0.1) is 0 Å². The Bertz CT molecular complexity index is 491. The quantitative estimate of drug-likeness (QED) is 0.825. The fourth-order valence-electron chi connectivity index (χ4n) is 1.69. The number of rotatable bonds is 4. The van der Waals surface area contributed by atoms with Gasteiger partial charge in [-0.05, 0) is 38.4 Å². The van der Waals surface area contributed by atoms with Crippen LogP contribution in [0.3, 0.4) is 0 Å². The summed E-state index contributed by atoms with van der Waals surface area (Å²) in [4.78, 5) is 10.8. The third-order valence-corrected chi connectivity index (χ3v) is 2.55. The largest absolute Gasteiger partial charge is 0.497 e. The molecule has 0 saturated carbocycles. The molecule has 1 aromatic carbocycles. The second kappa shape index (κ2) is 5.60. The van der Waals surface area contributed by atoms with E-state index in [1.807, 2.05) is 50.8 Å². The van der Waals surface area contributed by atoms with E-state index in [4.69, 9.17) is 4.74 Å². The summed E-state index contributed by atoms with van der Waals surface area (Å²) < 4.78 is 5.12. The average molecular weight is 243 g/mol. The van der Waals surface area contributed by atoms with Crippen molar-refractivity contribution in [2.45, 2.75) is 6.54 Å². The molecule has 0 saturated heterocycles. The molecule has 0 aliphatic heterocycles. The molecule has 2 aromatic rings. The Hall–Kier alpha value is -1.94. The van der Waals surface area contributed by atoms with Gasteiger partial charge in [-0.2, -0.15) is 0 Å². The molecule has 0 bridgehead atoms. The van der Waals surface area contributed by atoms with E-state index < -0.39 is 0 Å². The van der Waals surface area contributed by atoms with Crippen LogP contribution in [-0.2, 0) is 6.54 Å². The molecule has 94 valence electrons. The van der Waals surface area contributed by atoms with Gasteiger partial charge in [-0.3, -0.25) is 0 Å². The predicted octanol–water partition coefficient (Wildman–Crippen LogP) is 2.21. The summed E-state index contributed by atoms with van der Waals surface area (Å²) in [5, 5.41) is 0. The highest BCUT2D eigenvalue weighted by atomic mass is 16.5. The maximum Gasteiger partial charge on any atom is 0.159 e. The van der Waals surface area contributed by atoms with Crippen molar-refractivity contribution in [1.29, 1.82) is 0 Å². The first kappa shape index (κ1) is 12.5. The minimum atomic E-state index is 0.736. The lowest BCUT2D eigenvalue weighted by Crippen LogP contribution is -2.11. The van der Waals surface area contributed by atoms with Crippen LogP contribution in [0.2, 0.25) is 0 Å². The first-order chi connectivity index (χ1) is 8.69. The van der Waals surface area contributed by atoms with E-state index in [0.29, 0.717) is 0 Å². The van der Waals surface area contributed by atoms with E-state index in [0.717, 1.165) is 29.2 Å². The van der Waals surface area contributed by atoms with Gasteiger partial charge in [-0.1, -0.05) is 0 Å².